The van der Waals surface area contributed by atoms with Crippen molar-refractivity contribution in [3.63, 3.8) is 0 Å². The van der Waals surface area contributed by atoms with Crippen LogP contribution in [0.3, 0.4) is 0 Å². The number of benzene rings is 2. The molecule has 2 N–H and O–H groups in total. The van der Waals surface area contributed by atoms with Gasteiger partial charge in [-0.15, -0.1) is 0 Å². The first-order valence-corrected chi connectivity index (χ1v) is 7.36. The van der Waals surface area contributed by atoms with E-state index in [4.69, 9.17) is 9.84 Å². The number of ether oxygens (including phenoxy) is 1. The Labute approximate surface area is 139 Å². The lowest BCUT2D eigenvalue weighted by Crippen LogP contribution is -2.28. The number of amides is 1. The van der Waals surface area contributed by atoms with Crippen LogP contribution in [0.4, 0.5) is 4.39 Å². The van der Waals surface area contributed by atoms with Gasteiger partial charge in [0.05, 0.1) is 13.0 Å². The Hall–Kier alpha value is -2.89. The first-order valence-electron chi connectivity index (χ1n) is 7.36. The van der Waals surface area contributed by atoms with Gasteiger partial charge in [0, 0.05) is 6.54 Å². The highest BCUT2D eigenvalue weighted by atomic mass is 19.1. The minimum Gasteiger partial charge on any atom is -0.496 e. The maximum atomic E-state index is 13.7. The predicted octanol–water partition coefficient (Wildman–Crippen LogP) is 2.95. The minimum atomic E-state index is -1.09. The molecule has 1 amide bonds. The van der Waals surface area contributed by atoms with Crippen LogP contribution < -0.4 is 10.1 Å². The SMILES string of the molecule is COc1cc(CNC(=O)[C@@H](C)c2ccccc2F)ccc1C(=O)O. The Bertz CT molecular complexity index is 760. The van der Waals surface area contributed by atoms with Gasteiger partial charge in [-0.2, -0.15) is 0 Å². The average Bonchev–Trinajstić information content (AvgIpc) is 2.59. The molecule has 2 aromatic carbocycles. The lowest BCUT2D eigenvalue weighted by atomic mass is 9.99. The fraction of sp³-hybridized carbons (Fsp3) is 0.222. The molecule has 0 fully saturated rings. The molecule has 0 aliphatic rings. The molecule has 6 heteroatoms. The van der Waals surface area contributed by atoms with Crippen molar-refractivity contribution in [3.8, 4) is 5.75 Å². The zero-order chi connectivity index (χ0) is 17.7. The minimum absolute atomic E-state index is 0.0484. The van der Waals surface area contributed by atoms with Crippen molar-refractivity contribution < 1.29 is 23.8 Å². The van der Waals surface area contributed by atoms with Crippen LogP contribution in [0.2, 0.25) is 0 Å². The molecule has 0 radical (unpaired) electrons. The molecule has 0 aliphatic heterocycles. The van der Waals surface area contributed by atoms with E-state index < -0.39 is 17.7 Å². The fourth-order valence-corrected chi connectivity index (χ4v) is 2.33. The van der Waals surface area contributed by atoms with E-state index in [1.165, 1.54) is 19.2 Å². The zero-order valence-corrected chi connectivity index (χ0v) is 13.4. The third-order valence-corrected chi connectivity index (χ3v) is 3.73. The van der Waals surface area contributed by atoms with Crippen LogP contribution in [0, 0.1) is 5.82 Å². The van der Waals surface area contributed by atoms with E-state index in [2.05, 4.69) is 5.32 Å². The van der Waals surface area contributed by atoms with Gasteiger partial charge < -0.3 is 15.2 Å². The number of rotatable bonds is 6. The van der Waals surface area contributed by atoms with Gasteiger partial charge in [-0.05, 0) is 36.2 Å². The van der Waals surface area contributed by atoms with Crippen LogP contribution >= 0.6 is 0 Å². The summed E-state index contributed by atoms with van der Waals surface area (Å²) in [5, 5.41) is 11.8. The molecule has 0 heterocycles. The molecule has 1 atom stereocenters. The molecule has 24 heavy (non-hydrogen) atoms. The van der Waals surface area contributed by atoms with Gasteiger partial charge in [0.2, 0.25) is 5.91 Å². The highest BCUT2D eigenvalue weighted by Crippen LogP contribution is 2.21. The third-order valence-electron chi connectivity index (χ3n) is 3.73. The standard InChI is InChI=1S/C18H18FNO4/c1-11(13-5-3-4-6-15(13)19)17(21)20-10-12-7-8-14(18(22)23)16(9-12)24-2/h3-9,11H,10H2,1-2H3,(H,20,21)(H,22,23)/t11-/m0/s1. The van der Waals surface area contributed by atoms with Crippen molar-refractivity contribution in [1.29, 1.82) is 0 Å². The molecule has 5 nitrogen and oxygen atoms in total. The van der Waals surface area contributed by atoms with E-state index in [0.29, 0.717) is 11.1 Å². The summed E-state index contributed by atoms with van der Waals surface area (Å²) in [6.45, 7) is 1.82. The molecule has 0 aliphatic carbocycles. The van der Waals surface area contributed by atoms with E-state index >= 15 is 0 Å². The smallest absolute Gasteiger partial charge is 0.339 e. The van der Waals surface area contributed by atoms with Crippen LogP contribution in [0.25, 0.3) is 0 Å². The topological polar surface area (TPSA) is 75.6 Å². The van der Waals surface area contributed by atoms with Crippen molar-refractivity contribution in [3.05, 3.63) is 65.0 Å². The lowest BCUT2D eigenvalue weighted by Gasteiger charge is -2.14. The van der Waals surface area contributed by atoms with Gasteiger partial charge in [-0.3, -0.25) is 4.79 Å². The highest BCUT2D eigenvalue weighted by molar-refractivity contribution is 5.91. The summed E-state index contributed by atoms with van der Waals surface area (Å²) in [5.74, 6) is -2.24. The summed E-state index contributed by atoms with van der Waals surface area (Å²) in [7, 11) is 1.38. The van der Waals surface area contributed by atoms with Crippen LogP contribution in [0.15, 0.2) is 42.5 Å². The number of carboxylic acid groups (broad SMARTS) is 1. The molecular formula is C18H18FNO4. The molecular weight excluding hydrogens is 313 g/mol. The number of aromatic carboxylic acids is 1. The molecule has 0 unspecified atom stereocenters. The van der Waals surface area contributed by atoms with Gasteiger partial charge in [0.15, 0.2) is 0 Å². The number of carbonyl (C=O) groups is 2. The average molecular weight is 331 g/mol. The van der Waals surface area contributed by atoms with Gasteiger partial charge in [0.25, 0.3) is 0 Å². The van der Waals surface area contributed by atoms with E-state index in [1.807, 2.05) is 0 Å². The maximum absolute atomic E-state index is 13.7. The molecule has 0 saturated heterocycles. The first-order chi connectivity index (χ1) is 11.4. The Balaban J connectivity index is 2.06. The van der Waals surface area contributed by atoms with Crippen molar-refractivity contribution in [2.45, 2.75) is 19.4 Å². The monoisotopic (exact) mass is 331 g/mol. The van der Waals surface area contributed by atoms with Gasteiger partial charge >= 0.3 is 5.97 Å². The van der Waals surface area contributed by atoms with E-state index in [9.17, 15) is 14.0 Å². The van der Waals surface area contributed by atoms with E-state index in [0.717, 1.165) is 0 Å². The number of halogens is 1. The lowest BCUT2D eigenvalue weighted by molar-refractivity contribution is -0.122. The number of hydrogen-bond donors (Lipinski definition) is 2. The second-order valence-electron chi connectivity index (χ2n) is 5.30. The maximum Gasteiger partial charge on any atom is 0.339 e. The highest BCUT2D eigenvalue weighted by Gasteiger charge is 2.18. The van der Waals surface area contributed by atoms with Crippen LogP contribution in [-0.4, -0.2) is 24.1 Å². The predicted molar refractivity (Wildman–Crippen MR) is 86.6 cm³/mol. The fourth-order valence-electron chi connectivity index (χ4n) is 2.33. The molecule has 0 bridgehead atoms. The summed E-state index contributed by atoms with van der Waals surface area (Å²) >= 11 is 0. The van der Waals surface area contributed by atoms with Gasteiger partial charge in [-0.25, -0.2) is 9.18 Å². The Morgan fingerprint density at radius 1 is 1.25 bits per heavy atom. The number of methoxy groups -OCH3 is 1. The van der Waals surface area contributed by atoms with E-state index in [-0.39, 0.29) is 23.8 Å². The quantitative estimate of drug-likeness (QED) is 0.853. The number of carbonyl (C=O) groups excluding carboxylic acids is 1. The van der Waals surface area contributed by atoms with Crippen molar-refractivity contribution in [1.82, 2.24) is 5.32 Å². The number of nitrogens with one attached hydrogen (secondary N) is 1. The summed E-state index contributed by atoms with van der Waals surface area (Å²) < 4.78 is 18.8. The van der Waals surface area contributed by atoms with Crippen LogP contribution in [-0.2, 0) is 11.3 Å². The summed E-state index contributed by atoms with van der Waals surface area (Å²) in [4.78, 5) is 23.2. The van der Waals surface area contributed by atoms with Crippen LogP contribution in [0.5, 0.6) is 5.75 Å². The summed E-state index contributed by atoms with van der Waals surface area (Å²) in [6, 6.07) is 10.7. The summed E-state index contributed by atoms with van der Waals surface area (Å²) in [5.41, 5.74) is 1.06. The van der Waals surface area contributed by atoms with Crippen molar-refractivity contribution in [2.24, 2.45) is 0 Å². The summed E-state index contributed by atoms with van der Waals surface area (Å²) in [6.07, 6.45) is 0. The van der Waals surface area contributed by atoms with Gasteiger partial charge in [0.1, 0.15) is 17.1 Å². The first kappa shape index (κ1) is 17.5. The molecule has 0 saturated carbocycles. The Kier molecular flexibility index (Phi) is 5.52. The molecule has 2 aromatic rings. The zero-order valence-electron chi connectivity index (χ0n) is 13.4. The molecule has 2 rings (SSSR count). The molecule has 126 valence electrons. The number of hydrogen-bond acceptors (Lipinski definition) is 3. The van der Waals surface area contributed by atoms with Gasteiger partial charge in [-0.1, -0.05) is 24.3 Å². The Morgan fingerprint density at radius 2 is 1.96 bits per heavy atom. The third kappa shape index (κ3) is 3.90. The second-order valence-corrected chi connectivity index (χ2v) is 5.30. The molecule has 0 spiro atoms. The Morgan fingerprint density at radius 3 is 2.58 bits per heavy atom. The van der Waals surface area contributed by atoms with Crippen molar-refractivity contribution in [2.75, 3.05) is 7.11 Å². The van der Waals surface area contributed by atoms with E-state index in [1.54, 1.807) is 37.3 Å². The van der Waals surface area contributed by atoms with Crippen molar-refractivity contribution >= 4 is 11.9 Å². The molecule has 0 aromatic heterocycles. The van der Waals surface area contributed by atoms with Crippen LogP contribution in [0.1, 0.15) is 34.3 Å². The largest absolute Gasteiger partial charge is 0.496 e. The number of carboxylic acids is 1. The normalized spacial score (nSPS) is 11.6. The second kappa shape index (κ2) is 7.59.